The normalized spacial score (nSPS) is 25.8. The molecule has 4 N–H and O–H groups in total. The number of aliphatic hydroxyl groups is 1. The number of anilines is 1. The number of ether oxygens (including phenoxy) is 1. The highest BCUT2D eigenvalue weighted by Crippen LogP contribution is 2.39. The number of rotatable bonds is 3. The van der Waals surface area contributed by atoms with Gasteiger partial charge in [-0.3, -0.25) is 4.79 Å². The smallest absolute Gasteiger partial charge is 0.394 e. The standard InChI is InChI=1S/C15H18N2O5/c18-12-7-22-13-6-11(12)17-10-2-1-8(5-9(10)13)3-4-16-14(19)15(20)21/h1-2,5,11-13,17-18H,3-4,6-7H2,(H,16,19)(H,20,21)/t11-,12-,13-/m1/s1. The molecule has 0 spiro atoms. The van der Waals surface area contributed by atoms with Crippen molar-refractivity contribution in [1.82, 2.24) is 5.32 Å². The number of carboxylic acids is 1. The molecular weight excluding hydrogens is 288 g/mol. The summed E-state index contributed by atoms with van der Waals surface area (Å²) in [4.78, 5) is 21.4. The number of fused-ring (bicyclic) bond motifs is 4. The third-order valence-electron chi connectivity index (χ3n) is 4.10. The van der Waals surface area contributed by atoms with Gasteiger partial charge in [-0.25, -0.2) is 4.79 Å². The van der Waals surface area contributed by atoms with Gasteiger partial charge in [-0.1, -0.05) is 12.1 Å². The molecule has 0 aromatic heterocycles. The molecule has 1 fully saturated rings. The van der Waals surface area contributed by atoms with Crippen LogP contribution in [0.5, 0.6) is 0 Å². The molecule has 0 saturated carbocycles. The van der Waals surface area contributed by atoms with Crippen molar-refractivity contribution >= 4 is 17.6 Å². The van der Waals surface area contributed by atoms with E-state index in [2.05, 4.69) is 10.6 Å². The van der Waals surface area contributed by atoms with E-state index < -0.39 is 18.0 Å². The van der Waals surface area contributed by atoms with Crippen LogP contribution in [0.3, 0.4) is 0 Å². The lowest BCUT2D eigenvalue weighted by Gasteiger charge is -2.40. The minimum Gasteiger partial charge on any atom is -0.474 e. The Morgan fingerprint density at radius 1 is 1.41 bits per heavy atom. The maximum absolute atomic E-state index is 11.0. The molecular formula is C15H18N2O5. The predicted octanol–water partition coefficient (Wildman–Crippen LogP) is 0.0463. The fourth-order valence-electron chi connectivity index (χ4n) is 2.92. The summed E-state index contributed by atoms with van der Waals surface area (Å²) >= 11 is 0. The van der Waals surface area contributed by atoms with Crippen molar-refractivity contribution in [3.05, 3.63) is 29.3 Å². The molecule has 2 aliphatic rings. The van der Waals surface area contributed by atoms with Gasteiger partial charge in [0.25, 0.3) is 0 Å². The molecule has 1 amide bonds. The van der Waals surface area contributed by atoms with Crippen LogP contribution < -0.4 is 10.6 Å². The maximum atomic E-state index is 11.0. The average molecular weight is 306 g/mol. The fraction of sp³-hybridized carbons (Fsp3) is 0.467. The van der Waals surface area contributed by atoms with Gasteiger partial charge < -0.3 is 25.6 Å². The zero-order valence-electron chi connectivity index (χ0n) is 11.9. The third kappa shape index (κ3) is 2.90. The van der Waals surface area contributed by atoms with Gasteiger partial charge in [0.05, 0.1) is 24.9 Å². The van der Waals surface area contributed by atoms with Crippen LogP contribution in [0.4, 0.5) is 5.69 Å². The number of aliphatic hydroxyl groups excluding tert-OH is 1. The first-order valence-electron chi connectivity index (χ1n) is 7.25. The molecule has 2 aliphatic heterocycles. The molecule has 22 heavy (non-hydrogen) atoms. The lowest BCUT2D eigenvalue weighted by molar-refractivity contribution is -0.150. The number of carbonyl (C=O) groups excluding carboxylic acids is 1. The van der Waals surface area contributed by atoms with Crippen molar-refractivity contribution < 1.29 is 24.5 Å². The number of amides is 1. The van der Waals surface area contributed by atoms with Crippen molar-refractivity contribution in [2.24, 2.45) is 0 Å². The van der Waals surface area contributed by atoms with Crippen molar-refractivity contribution in [1.29, 1.82) is 0 Å². The predicted molar refractivity (Wildman–Crippen MR) is 77.5 cm³/mol. The highest BCUT2D eigenvalue weighted by atomic mass is 16.5. The van der Waals surface area contributed by atoms with Gasteiger partial charge in [-0.15, -0.1) is 0 Å². The fourth-order valence-corrected chi connectivity index (χ4v) is 2.92. The summed E-state index contributed by atoms with van der Waals surface area (Å²) in [6.07, 6.45) is 0.756. The second kappa shape index (κ2) is 5.94. The second-order valence-corrected chi connectivity index (χ2v) is 5.61. The minimum absolute atomic E-state index is 0.0203. The van der Waals surface area contributed by atoms with E-state index in [4.69, 9.17) is 9.84 Å². The third-order valence-corrected chi connectivity index (χ3v) is 4.10. The molecule has 1 aromatic rings. The van der Waals surface area contributed by atoms with Gasteiger partial charge in [0.1, 0.15) is 0 Å². The van der Waals surface area contributed by atoms with Crippen LogP contribution in [0.15, 0.2) is 18.2 Å². The zero-order valence-corrected chi connectivity index (χ0v) is 11.9. The Balaban J connectivity index is 1.67. The van der Waals surface area contributed by atoms with E-state index in [0.717, 1.165) is 23.2 Å². The largest absolute Gasteiger partial charge is 0.474 e. The molecule has 2 heterocycles. The first-order valence-corrected chi connectivity index (χ1v) is 7.25. The molecule has 3 atom stereocenters. The molecule has 7 heteroatoms. The molecule has 1 aromatic carbocycles. The highest BCUT2D eigenvalue weighted by Gasteiger charge is 2.36. The number of aliphatic carboxylic acids is 1. The van der Waals surface area contributed by atoms with E-state index in [0.29, 0.717) is 13.0 Å². The van der Waals surface area contributed by atoms with Gasteiger partial charge in [0.15, 0.2) is 0 Å². The van der Waals surface area contributed by atoms with Crippen molar-refractivity contribution in [3.8, 4) is 0 Å². The van der Waals surface area contributed by atoms with Crippen LogP contribution in [-0.2, 0) is 20.7 Å². The average Bonchev–Trinajstić information content (AvgIpc) is 2.51. The minimum atomic E-state index is -1.48. The quantitative estimate of drug-likeness (QED) is 0.588. The van der Waals surface area contributed by atoms with E-state index in [1.165, 1.54) is 0 Å². The van der Waals surface area contributed by atoms with Gasteiger partial charge >= 0.3 is 11.9 Å². The summed E-state index contributed by atoms with van der Waals surface area (Å²) < 4.78 is 5.68. The molecule has 118 valence electrons. The number of carboxylic acid groups (broad SMARTS) is 1. The van der Waals surface area contributed by atoms with Crippen LogP contribution in [0.25, 0.3) is 0 Å². The lowest BCUT2D eigenvalue weighted by Crippen LogP contribution is -2.46. The summed E-state index contributed by atoms with van der Waals surface area (Å²) in [5.41, 5.74) is 3.00. The van der Waals surface area contributed by atoms with Crippen LogP contribution in [0.2, 0.25) is 0 Å². The summed E-state index contributed by atoms with van der Waals surface area (Å²) in [6, 6.07) is 5.89. The van der Waals surface area contributed by atoms with Crippen molar-refractivity contribution in [3.63, 3.8) is 0 Å². The second-order valence-electron chi connectivity index (χ2n) is 5.61. The maximum Gasteiger partial charge on any atom is 0.394 e. The number of carbonyl (C=O) groups is 2. The number of nitrogens with one attached hydrogen (secondary N) is 2. The Hall–Kier alpha value is -2.12. The Morgan fingerprint density at radius 3 is 3.00 bits per heavy atom. The molecule has 3 rings (SSSR count). The molecule has 2 bridgehead atoms. The molecule has 7 nitrogen and oxygen atoms in total. The summed E-state index contributed by atoms with van der Waals surface area (Å²) in [6.45, 7) is 0.588. The van der Waals surface area contributed by atoms with Crippen LogP contribution in [0, 0.1) is 0 Å². The summed E-state index contributed by atoms with van der Waals surface area (Å²) in [5.74, 6) is -2.47. The Kier molecular flexibility index (Phi) is 4.00. The van der Waals surface area contributed by atoms with Gasteiger partial charge in [-0.2, -0.15) is 0 Å². The first kappa shape index (κ1) is 14.8. The first-order chi connectivity index (χ1) is 10.5. The van der Waals surface area contributed by atoms with E-state index in [9.17, 15) is 14.7 Å². The number of hydrogen-bond donors (Lipinski definition) is 4. The Morgan fingerprint density at radius 2 is 2.23 bits per heavy atom. The van der Waals surface area contributed by atoms with Crippen molar-refractivity contribution in [2.75, 3.05) is 18.5 Å². The molecule has 1 saturated heterocycles. The van der Waals surface area contributed by atoms with Crippen LogP contribution in [0.1, 0.15) is 23.7 Å². The van der Waals surface area contributed by atoms with Crippen molar-refractivity contribution in [2.45, 2.75) is 31.1 Å². The van der Waals surface area contributed by atoms with Gasteiger partial charge in [-0.05, 0) is 18.1 Å². The topological polar surface area (TPSA) is 108 Å². The number of benzene rings is 1. The molecule has 0 aliphatic carbocycles. The highest BCUT2D eigenvalue weighted by molar-refractivity contribution is 6.31. The SMILES string of the molecule is O=C(O)C(=O)NCCc1ccc2c(c1)[C@H]1C[C@@H](N2)[C@H](O)CO1. The number of hydrogen-bond acceptors (Lipinski definition) is 5. The van der Waals surface area contributed by atoms with E-state index in [1.807, 2.05) is 18.2 Å². The lowest BCUT2D eigenvalue weighted by atomic mass is 9.89. The Bertz CT molecular complexity index is 604. The summed E-state index contributed by atoms with van der Waals surface area (Å²) in [7, 11) is 0. The Labute approximate surface area is 127 Å². The van der Waals surface area contributed by atoms with E-state index in [1.54, 1.807) is 0 Å². The van der Waals surface area contributed by atoms with Gasteiger partial charge in [0, 0.05) is 24.2 Å². The molecule has 0 unspecified atom stereocenters. The van der Waals surface area contributed by atoms with Crippen LogP contribution in [-0.4, -0.2) is 47.4 Å². The summed E-state index contributed by atoms with van der Waals surface area (Å²) in [5, 5.41) is 24.0. The van der Waals surface area contributed by atoms with Crippen LogP contribution >= 0.6 is 0 Å². The van der Waals surface area contributed by atoms with Gasteiger partial charge in [0.2, 0.25) is 0 Å². The molecule has 0 radical (unpaired) electrons. The zero-order chi connectivity index (χ0) is 15.7. The van der Waals surface area contributed by atoms with E-state index in [-0.39, 0.29) is 18.7 Å². The van der Waals surface area contributed by atoms with E-state index >= 15 is 0 Å². The monoisotopic (exact) mass is 306 g/mol.